The molecule has 6 heteroatoms. The third-order valence-corrected chi connectivity index (χ3v) is 1.89. The molecule has 1 rings (SSSR count). The van der Waals surface area contributed by atoms with Crippen LogP contribution in [0.3, 0.4) is 0 Å². The molecule has 0 saturated heterocycles. The lowest BCUT2D eigenvalue weighted by atomic mass is 10.2. The normalized spacial score (nSPS) is 12.0. The molecule has 2 N–H and O–H groups in total. The number of allylic oxidation sites excluding steroid dienone is 1. The standard InChI is InChI=1S/C11H13F3N2O/c1-2-3-4-5-8-6-9(10(15)16-7-8)17-11(12,13)14/h4-7H,2-3H2,1H3,(H2,15,16)/b5-4+. The van der Waals surface area contributed by atoms with E-state index in [0.29, 0.717) is 5.56 Å². The first-order chi connectivity index (χ1) is 7.92. The summed E-state index contributed by atoms with van der Waals surface area (Å²) in [6, 6.07) is 1.21. The van der Waals surface area contributed by atoms with E-state index in [4.69, 9.17) is 5.73 Å². The number of ether oxygens (including phenoxy) is 1. The molecule has 1 aromatic heterocycles. The topological polar surface area (TPSA) is 48.1 Å². The molecule has 0 bridgehead atoms. The Morgan fingerprint density at radius 3 is 2.76 bits per heavy atom. The average molecular weight is 246 g/mol. The molecule has 0 fully saturated rings. The molecule has 0 aliphatic rings. The lowest BCUT2D eigenvalue weighted by Gasteiger charge is -2.10. The monoisotopic (exact) mass is 246 g/mol. The average Bonchev–Trinajstić information content (AvgIpc) is 2.21. The molecule has 94 valence electrons. The van der Waals surface area contributed by atoms with E-state index in [0.717, 1.165) is 12.8 Å². The number of halogens is 3. The zero-order valence-corrected chi connectivity index (χ0v) is 9.29. The second-order valence-electron chi connectivity index (χ2n) is 3.39. The molecule has 1 aromatic rings. The highest BCUT2D eigenvalue weighted by molar-refractivity contribution is 5.56. The zero-order chi connectivity index (χ0) is 12.9. The van der Waals surface area contributed by atoms with Gasteiger partial charge in [0.05, 0.1) is 0 Å². The molecule has 0 aliphatic carbocycles. The molecule has 0 unspecified atom stereocenters. The van der Waals surface area contributed by atoms with Gasteiger partial charge in [-0.3, -0.25) is 0 Å². The minimum absolute atomic E-state index is 0.282. The Labute approximate surface area is 97.1 Å². The van der Waals surface area contributed by atoms with Crippen molar-refractivity contribution in [3.63, 3.8) is 0 Å². The SMILES string of the molecule is CCC/C=C/c1cnc(N)c(OC(F)(F)F)c1. The van der Waals surface area contributed by atoms with Crippen LogP contribution in [0.2, 0.25) is 0 Å². The molecule has 1 heterocycles. The summed E-state index contributed by atoms with van der Waals surface area (Å²) in [7, 11) is 0. The van der Waals surface area contributed by atoms with Crippen molar-refractivity contribution in [2.45, 2.75) is 26.1 Å². The van der Waals surface area contributed by atoms with Crippen LogP contribution < -0.4 is 10.5 Å². The van der Waals surface area contributed by atoms with Crippen molar-refractivity contribution in [1.29, 1.82) is 0 Å². The van der Waals surface area contributed by atoms with Crippen LogP contribution in [0.1, 0.15) is 25.3 Å². The quantitative estimate of drug-likeness (QED) is 0.885. The highest BCUT2D eigenvalue weighted by Gasteiger charge is 2.32. The first-order valence-corrected chi connectivity index (χ1v) is 5.10. The van der Waals surface area contributed by atoms with E-state index in [1.807, 2.05) is 13.0 Å². The number of nitrogens with two attached hydrogens (primary N) is 1. The van der Waals surface area contributed by atoms with Crippen molar-refractivity contribution in [2.75, 3.05) is 5.73 Å². The van der Waals surface area contributed by atoms with Gasteiger partial charge in [0.15, 0.2) is 11.6 Å². The van der Waals surface area contributed by atoms with Crippen LogP contribution in [-0.4, -0.2) is 11.3 Å². The minimum atomic E-state index is -4.76. The number of unbranched alkanes of at least 4 members (excludes halogenated alkanes) is 1. The van der Waals surface area contributed by atoms with Gasteiger partial charge < -0.3 is 10.5 Å². The number of hydrogen-bond donors (Lipinski definition) is 1. The minimum Gasteiger partial charge on any atom is -0.402 e. The molecule has 0 amide bonds. The fraction of sp³-hybridized carbons (Fsp3) is 0.364. The molecule has 0 atom stereocenters. The van der Waals surface area contributed by atoms with E-state index >= 15 is 0 Å². The molecular weight excluding hydrogens is 233 g/mol. The largest absolute Gasteiger partial charge is 0.573 e. The predicted molar refractivity (Wildman–Crippen MR) is 59.3 cm³/mol. The summed E-state index contributed by atoms with van der Waals surface area (Å²) in [5.74, 6) is -0.758. The van der Waals surface area contributed by atoms with Crippen molar-refractivity contribution in [3.05, 3.63) is 23.9 Å². The second-order valence-corrected chi connectivity index (χ2v) is 3.39. The van der Waals surface area contributed by atoms with Crippen molar-refractivity contribution in [1.82, 2.24) is 4.98 Å². The van der Waals surface area contributed by atoms with E-state index < -0.39 is 12.1 Å². The second kappa shape index (κ2) is 5.56. The molecule has 0 saturated carbocycles. The maximum atomic E-state index is 12.0. The van der Waals surface area contributed by atoms with Gasteiger partial charge in [-0.05, 0) is 18.1 Å². The molecule has 0 aromatic carbocycles. The van der Waals surface area contributed by atoms with Gasteiger partial charge in [-0.15, -0.1) is 13.2 Å². The zero-order valence-electron chi connectivity index (χ0n) is 9.29. The van der Waals surface area contributed by atoms with Gasteiger partial charge in [0.25, 0.3) is 0 Å². The summed E-state index contributed by atoms with van der Waals surface area (Å²) in [5, 5.41) is 0. The Balaban J connectivity index is 2.87. The Hall–Kier alpha value is -1.72. The van der Waals surface area contributed by atoms with Gasteiger partial charge in [0.2, 0.25) is 0 Å². The van der Waals surface area contributed by atoms with E-state index in [1.165, 1.54) is 12.3 Å². The van der Waals surface area contributed by atoms with Crippen molar-refractivity contribution >= 4 is 11.9 Å². The van der Waals surface area contributed by atoms with E-state index in [9.17, 15) is 13.2 Å². The summed E-state index contributed by atoms with van der Waals surface area (Å²) in [6.45, 7) is 2.00. The third-order valence-electron chi connectivity index (χ3n) is 1.89. The number of hydrogen-bond acceptors (Lipinski definition) is 3. The highest BCUT2D eigenvalue weighted by Crippen LogP contribution is 2.27. The molecular formula is C11H13F3N2O. The van der Waals surface area contributed by atoms with Crippen molar-refractivity contribution in [2.24, 2.45) is 0 Å². The van der Waals surface area contributed by atoms with Crippen LogP contribution in [0.25, 0.3) is 6.08 Å². The smallest absolute Gasteiger partial charge is 0.402 e. The van der Waals surface area contributed by atoms with Crippen LogP contribution >= 0.6 is 0 Å². The number of pyridine rings is 1. The number of aromatic nitrogens is 1. The first-order valence-electron chi connectivity index (χ1n) is 5.10. The number of alkyl halides is 3. The van der Waals surface area contributed by atoms with Gasteiger partial charge in [-0.1, -0.05) is 25.5 Å². The summed E-state index contributed by atoms with van der Waals surface area (Å²) in [5.41, 5.74) is 5.81. The fourth-order valence-electron chi connectivity index (χ4n) is 1.15. The highest BCUT2D eigenvalue weighted by atomic mass is 19.4. The fourth-order valence-corrected chi connectivity index (χ4v) is 1.15. The molecule has 3 nitrogen and oxygen atoms in total. The first kappa shape index (κ1) is 13.3. The van der Waals surface area contributed by atoms with Gasteiger partial charge in [-0.25, -0.2) is 4.98 Å². The van der Waals surface area contributed by atoms with Crippen molar-refractivity contribution in [3.8, 4) is 5.75 Å². The molecule has 0 spiro atoms. The van der Waals surface area contributed by atoms with E-state index in [1.54, 1.807) is 6.08 Å². The number of nitrogens with zero attached hydrogens (tertiary/aromatic N) is 1. The van der Waals surface area contributed by atoms with E-state index in [2.05, 4.69) is 9.72 Å². The predicted octanol–water partition coefficient (Wildman–Crippen LogP) is 3.38. The van der Waals surface area contributed by atoms with Crippen LogP contribution in [0.4, 0.5) is 19.0 Å². The van der Waals surface area contributed by atoms with Crippen LogP contribution in [0.5, 0.6) is 5.75 Å². The summed E-state index contributed by atoms with van der Waals surface area (Å²) in [6.07, 6.45) is 1.97. The van der Waals surface area contributed by atoms with Crippen molar-refractivity contribution < 1.29 is 17.9 Å². The van der Waals surface area contributed by atoms with Crippen LogP contribution in [0, 0.1) is 0 Å². The van der Waals surface area contributed by atoms with Gasteiger partial charge in [0, 0.05) is 6.20 Å². The van der Waals surface area contributed by atoms with E-state index in [-0.39, 0.29) is 5.82 Å². The maximum Gasteiger partial charge on any atom is 0.573 e. The Morgan fingerprint density at radius 2 is 2.18 bits per heavy atom. The number of nitrogen functional groups attached to an aromatic ring is 1. The molecule has 0 aliphatic heterocycles. The van der Waals surface area contributed by atoms with Gasteiger partial charge >= 0.3 is 6.36 Å². The Bertz CT molecular complexity index is 402. The summed E-state index contributed by atoms with van der Waals surface area (Å²) >= 11 is 0. The van der Waals surface area contributed by atoms with Crippen LogP contribution in [-0.2, 0) is 0 Å². The third kappa shape index (κ3) is 4.76. The van der Waals surface area contributed by atoms with Gasteiger partial charge in [-0.2, -0.15) is 0 Å². The Kier molecular flexibility index (Phi) is 4.37. The molecule has 17 heavy (non-hydrogen) atoms. The maximum absolute atomic E-state index is 12.0. The summed E-state index contributed by atoms with van der Waals surface area (Å²) < 4.78 is 39.9. The Morgan fingerprint density at radius 1 is 1.47 bits per heavy atom. The summed E-state index contributed by atoms with van der Waals surface area (Å²) in [4.78, 5) is 3.64. The van der Waals surface area contributed by atoms with Gasteiger partial charge in [0.1, 0.15) is 0 Å². The lowest BCUT2D eigenvalue weighted by molar-refractivity contribution is -0.274. The lowest BCUT2D eigenvalue weighted by Crippen LogP contribution is -2.18. The number of anilines is 1. The molecule has 0 radical (unpaired) electrons. The number of rotatable bonds is 4. The van der Waals surface area contributed by atoms with Crippen LogP contribution in [0.15, 0.2) is 18.3 Å².